The predicted molar refractivity (Wildman–Crippen MR) is 332 cm³/mol. The van der Waals surface area contributed by atoms with Crippen molar-refractivity contribution >= 4 is 56.2 Å². The van der Waals surface area contributed by atoms with E-state index >= 15 is 0 Å². The summed E-state index contributed by atoms with van der Waals surface area (Å²) in [4.78, 5) is 9.62. The van der Waals surface area contributed by atoms with E-state index in [1.165, 1.54) is 33.4 Å². The van der Waals surface area contributed by atoms with Crippen LogP contribution in [-0.2, 0) is 5.41 Å². The van der Waals surface area contributed by atoms with E-state index in [1.54, 1.807) is 0 Å². The van der Waals surface area contributed by atoms with Gasteiger partial charge < -0.3 is 18.6 Å². The fraction of sp³-hybridized carbons (Fsp3) is 0.0132. The Balaban J connectivity index is 0.874. The predicted octanol–water partition coefficient (Wildman–Crippen LogP) is 20.5. The Bertz CT molecular complexity index is 4240. The molecule has 0 atom stereocenters. The number of hydrogen-bond donors (Lipinski definition) is 0. The van der Waals surface area contributed by atoms with Crippen LogP contribution in [0.25, 0.3) is 78.2 Å². The maximum Gasteiger partial charge on any atom is 0.227 e. The Labute approximate surface area is 470 Å². The van der Waals surface area contributed by atoms with Gasteiger partial charge in [-0.05, 0) is 171 Å². The number of hydrogen-bond acceptors (Lipinski definition) is 5. The molecule has 5 nitrogen and oxygen atoms in total. The van der Waals surface area contributed by atoms with Gasteiger partial charge in [0.05, 0.1) is 5.41 Å². The summed E-state index contributed by atoms with van der Waals surface area (Å²) < 4.78 is 12.6. The number of fused-ring (bicyclic) bond motifs is 5. The van der Waals surface area contributed by atoms with Gasteiger partial charge in [-0.2, -0.15) is 0 Å². The number of oxazole rings is 1. The Morgan fingerprint density at radius 1 is 0.284 bits per heavy atom. The fourth-order valence-corrected chi connectivity index (χ4v) is 12.2. The summed E-state index contributed by atoms with van der Waals surface area (Å²) in [6.07, 6.45) is 0. The van der Waals surface area contributed by atoms with Crippen LogP contribution in [0, 0.1) is 0 Å². The van der Waals surface area contributed by atoms with E-state index in [4.69, 9.17) is 13.8 Å². The Morgan fingerprint density at radius 2 is 0.704 bits per heavy atom. The smallest absolute Gasteiger partial charge is 0.227 e. The largest absolute Gasteiger partial charge is 0.456 e. The van der Waals surface area contributed by atoms with Gasteiger partial charge in [0.1, 0.15) is 16.9 Å². The normalized spacial score (nSPS) is 12.3. The minimum atomic E-state index is -0.712. The van der Waals surface area contributed by atoms with Crippen LogP contribution in [0.15, 0.2) is 318 Å². The molecule has 0 saturated carbocycles. The summed E-state index contributed by atoms with van der Waals surface area (Å²) in [6.45, 7) is 0. The monoisotopic (exact) mass is 1040 g/mol. The average molecular weight is 1040 g/mol. The lowest BCUT2D eigenvalue weighted by Crippen LogP contribution is -2.29. The standard InChI is InChI=1S/C76H51N3O2/c1-5-28-59(29-6-1)76(60-30-7-2-8-31-60)69-50-65(78(61-32-9-3-10-33-61)63-36-19-24-54(47-63)52-22-17-26-56(45-52)74-49-57-21-13-15-39-72(57)80-74)41-43-67(69)68-44-42-66(51-70(68)76)79(62-34-11-4-12-35-62)64-37-20-25-55(48-64)53-23-18-27-58(46-53)75-77-71-38-14-16-40-73(71)81-75/h1-51H. The first-order valence-corrected chi connectivity index (χ1v) is 27.5. The molecule has 14 aromatic rings. The minimum absolute atomic E-state index is 0.603. The zero-order valence-corrected chi connectivity index (χ0v) is 44.1. The zero-order chi connectivity index (χ0) is 53.7. The highest BCUT2D eigenvalue weighted by atomic mass is 16.3. The molecule has 81 heavy (non-hydrogen) atoms. The molecular weight excluding hydrogens is 987 g/mol. The molecule has 0 amide bonds. The Kier molecular flexibility index (Phi) is 11.7. The van der Waals surface area contributed by atoms with Gasteiger partial charge in [0, 0.05) is 50.6 Å². The van der Waals surface area contributed by atoms with Crippen LogP contribution in [-0.4, -0.2) is 4.98 Å². The number of anilines is 6. The van der Waals surface area contributed by atoms with Crippen molar-refractivity contribution in [3.05, 3.63) is 332 Å². The second kappa shape index (κ2) is 19.9. The molecule has 382 valence electrons. The first kappa shape index (κ1) is 47.5. The van der Waals surface area contributed by atoms with Crippen LogP contribution in [0.3, 0.4) is 0 Å². The molecule has 0 radical (unpaired) electrons. The van der Waals surface area contributed by atoms with Crippen molar-refractivity contribution in [3.8, 4) is 56.2 Å². The van der Waals surface area contributed by atoms with Crippen molar-refractivity contribution < 1.29 is 8.83 Å². The quantitative estimate of drug-likeness (QED) is 0.122. The van der Waals surface area contributed by atoms with Gasteiger partial charge in [0.2, 0.25) is 5.89 Å². The van der Waals surface area contributed by atoms with Crippen LogP contribution in [0.4, 0.5) is 34.1 Å². The van der Waals surface area contributed by atoms with Crippen LogP contribution in [0.2, 0.25) is 0 Å². The Morgan fingerprint density at radius 3 is 1.25 bits per heavy atom. The molecule has 0 unspecified atom stereocenters. The van der Waals surface area contributed by atoms with Gasteiger partial charge >= 0.3 is 0 Å². The van der Waals surface area contributed by atoms with E-state index in [2.05, 4.69) is 277 Å². The third kappa shape index (κ3) is 8.39. The lowest BCUT2D eigenvalue weighted by Gasteiger charge is -2.35. The summed E-state index contributed by atoms with van der Waals surface area (Å²) in [5.74, 6) is 1.45. The molecule has 15 rings (SSSR count). The molecule has 0 N–H and O–H groups in total. The third-order valence-corrected chi connectivity index (χ3v) is 15.9. The molecule has 12 aromatic carbocycles. The topological polar surface area (TPSA) is 45.7 Å². The first-order chi connectivity index (χ1) is 40.1. The molecule has 2 aromatic heterocycles. The molecule has 0 bridgehead atoms. The second-order valence-electron chi connectivity index (χ2n) is 20.7. The van der Waals surface area contributed by atoms with E-state index < -0.39 is 5.41 Å². The average Bonchev–Trinajstić information content (AvgIpc) is 3.61. The lowest BCUT2D eigenvalue weighted by molar-refractivity contribution is 0.620. The van der Waals surface area contributed by atoms with E-state index in [1.807, 2.05) is 42.5 Å². The first-order valence-electron chi connectivity index (χ1n) is 27.5. The van der Waals surface area contributed by atoms with Crippen LogP contribution < -0.4 is 9.80 Å². The third-order valence-electron chi connectivity index (χ3n) is 15.9. The van der Waals surface area contributed by atoms with Gasteiger partial charge in [0.25, 0.3) is 0 Å². The fourth-order valence-electron chi connectivity index (χ4n) is 12.2. The van der Waals surface area contributed by atoms with Crippen LogP contribution in [0.1, 0.15) is 22.3 Å². The second-order valence-corrected chi connectivity index (χ2v) is 20.7. The SMILES string of the molecule is c1ccc(N(c2cccc(-c3cccc(-c4cc5ccccc5o4)c3)c2)c2ccc3c(c2)C(c2ccccc2)(c2ccccc2)c2cc(N(c4ccccc4)c4cccc(-c5cccc(-c6nc7ccccc7o6)c5)c4)ccc2-3)cc1. The summed E-state index contributed by atoms with van der Waals surface area (Å²) in [5.41, 5.74) is 21.6. The minimum Gasteiger partial charge on any atom is -0.456 e. The highest BCUT2D eigenvalue weighted by Crippen LogP contribution is 2.58. The van der Waals surface area contributed by atoms with Gasteiger partial charge in [-0.1, -0.05) is 194 Å². The number of nitrogens with zero attached hydrogens (tertiary/aromatic N) is 3. The van der Waals surface area contributed by atoms with Gasteiger partial charge in [-0.15, -0.1) is 0 Å². The van der Waals surface area contributed by atoms with Crippen molar-refractivity contribution in [1.82, 2.24) is 4.98 Å². The number of aromatic nitrogens is 1. The zero-order valence-electron chi connectivity index (χ0n) is 44.1. The summed E-state index contributed by atoms with van der Waals surface area (Å²) in [6, 6.07) is 111. The molecule has 0 spiro atoms. The summed E-state index contributed by atoms with van der Waals surface area (Å²) in [7, 11) is 0. The van der Waals surface area contributed by atoms with Crippen molar-refractivity contribution in [2.24, 2.45) is 0 Å². The van der Waals surface area contributed by atoms with Gasteiger partial charge in [-0.3, -0.25) is 0 Å². The number of rotatable bonds is 12. The van der Waals surface area contributed by atoms with Crippen LogP contribution in [0.5, 0.6) is 0 Å². The highest BCUT2D eigenvalue weighted by Gasteiger charge is 2.47. The maximum absolute atomic E-state index is 6.35. The number of para-hydroxylation sites is 5. The molecular formula is C76H51N3O2. The van der Waals surface area contributed by atoms with E-state index in [9.17, 15) is 0 Å². The van der Waals surface area contributed by atoms with Crippen molar-refractivity contribution in [3.63, 3.8) is 0 Å². The van der Waals surface area contributed by atoms with E-state index in [-0.39, 0.29) is 0 Å². The van der Waals surface area contributed by atoms with Crippen molar-refractivity contribution in [2.75, 3.05) is 9.80 Å². The maximum atomic E-state index is 6.35. The van der Waals surface area contributed by atoms with E-state index in [0.717, 1.165) is 95.3 Å². The molecule has 0 aliphatic heterocycles. The van der Waals surface area contributed by atoms with E-state index in [0.29, 0.717) is 5.89 Å². The summed E-state index contributed by atoms with van der Waals surface area (Å²) >= 11 is 0. The van der Waals surface area contributed by atoms with Gasteiger partial charge in [0.15, 0.2) is 5.58 Å². The molecule has 1 aliphatic rings. The molecule has 5 heteroatoms. The highest BCUT2D eigenvalue weighted by molar-refractivity contribution is 5.93. The van der Waals surface area contributed by atoms with Crippen molar-refractivity contribution in [2.45, 2.75) is 5.41 Å². The molecule has 2 heterocycles. The Hall–Kier alpha value is -10.8. The summed E-state index contributed by atoms with van der Waals surface area (Å²) in [5, 5.41) is 1.09. The number of furan rings is 1. The molecule has 1 aliphatic carbocycles. The lowest BCUT2D eigenvalue weighted by atomic mass is 9.67. The van der Waals surface area contributed by atoms with Crippen molar-refractivity contribution in [1.29, 1.82) is 0 Å². The molecule has 0 fully saturated rings. The van der Waals surface area contributed by atoms with Gasteiger partial charge in [-0.25, -0.2) is 4.98 Å². The molecule has 0 saturated heterocycles. The number of benzene rings is 12. The van der Waals surface area contributed by atoms with Crippen LogP contribution >= 0.6 is 0 Å².